The van der Waals surface area contributed by atoms with E-state index in [9.17, 15) is 10.4 Å². The number of benzene rings is 2. The molecule has 2 unspecified atom stereocenters. The van der Waals surface area contributed by atoms with E-state index < -0.39 is 12.7 Å². The molecule has 9 heteroatoms. The van der Waals surface area contributed by atoms with Crippen LogP contribution in [0.4, 0.5) is 0 Å². The summed E-state index contributed by atoms with van der Waals surface area (Å²) in [4.78, 5) is 4.55. The molecule has 0 aliphatic heterocycles. The van der Waals surface area contributed by atoms with Gasteiger partial charge in [-0.15, -0.1) is 0 Å². The van der Waals surface area contributed by atoms with E-state index in [0.717, 1.165) is 18.4 Å². The zero-order valence-corrected chi connectivity index (χ0v) is 17.4. The number of hydrogen-bond acceptors (Lipinski definition) is 9. The molecule has 1 aliphatic carbocycles. The third-order valence-electron chi connectivity index (χ3n) is 5.43. The molecule has 2 aromatic carbocycles. The molecule has 4 N–H and O–H groups in total. The average molecular weight is 436 g/mol. The highest BCUT2D eigenvalue weighted by molar-refractivity contribution is 5.67. The zero-order chi connectivity index (χ0) is 22.5. The van der Waals surface area contributed by atoms with Crippen molar-refractivity contribution in [2.75, 3.05) is 26.4 Å². The van der Waals surface area contributed by atoms with Gasteiger partial charge in [-0.3, -0.25) is 0 Å². The summed E-state index contributed by atoms with van der Waals surface area (Å²) in [5, 5.41) is 44.4. The van der Waals surface area contributed by atoms with E-state index in [4.69, 9.17) is 19.5 Å². The van der Waals surface area contributed by atoms with E-state index in [0.29, 0.717) is 23.7 Å². The van der Waals surface area contributed by atoms with Crippen molar-refractivity contribution >= 4 is 0 Å². The van der Waals surface area contributed by atoms with Crippen molar-refractivity contribution in [3.63, 3.8) is 0 Å². The smallest absolute Gasteiger partial charge is 0.258 e. The maximum absolute atomic E-state index is 9.46. The van der Waals surface area contributed by atoms with Crippen LogP contribution in [0.25, 0.3) is 22.8 Å². The fourth-order valence-electron chi connectivity index (χ4n) is 3.88. The lowest BCUT2D eigenvalue weighted by atomic mass is 10.0. The van der Waals surface area contributed by atoms with E-state index in [1.54, 1.807) is 18.2 Å². The van der Waals surface area contributed by atoms with Gasteiger partial charge in [0.2, 0.25) is 5.82 Å². The van der Waals surface area contributed by atoms with Gasteiger partial charge in [0, 0.05) is 23.7 Å². The number of rotatable bonds is 9. The summed E-state index contributed by atoms with van der Waals surface area (Å²) in [5.41, 5.74) is 4.08. The average Bonchev–Trinajstić information content (AvgIpc) is 3.48. The number of aliphatic hydroxyl groups is 3. The van der Waals surface area contributed by atoms with Crippen molar-refractivity contribution in [3.05, 3.63) is 53.1 Å². The molecule has 0 saturated heterocycles. The van der Waals surface area contributed by atoms with Gasteiger partial charge in [0.05, 0.1) is 18.8 Å². The number of nitrogens with zero attached hydrogens (tertiary/aromatic N) is 3. The molecule has 166 valence electrons. The SMILES string of the molecule is N#Cc1cc(-c2nc(-c3cccc4c3CCC4NCCO)no2)ccc1OCC(O)CO. The first-order valence-electron chi connectivity index (χ1n) is 10.4. The summed E-state index contributed by atoms with van der Waals surface area (Å²) in [6.45, 7) is 0.0888. The van der Waals surface area contributed by atoms with Gasteiger partial charge in [0.1, 0.15) is 24.5 Å². The predicted molar refractivity (Wildman–Crippen MR) is 115 cm³/mol. The van der Waals surface area contributed by atoms with Crippen LogP contribution >= 0.6 is 0 Å². The standard InChI is InChI=1S/C23H24N4O5/c24-11-15-10-14(4-7-21(15)31-13-16(30)12-29)23-26-22(27-32-23)19-3-1-2-18-17(19)5-6-20(18)25-8-9-28/h1-4,7,10,16,20,25,28-30H,5-6,8-9,12-13H2. The van der Waals surface area contributed by atoms with Crippen LogP contribution in [0.5, 0.6) is 5.75 Å². The first-order chi connectivity index (χ1) is 15.6. The lowest BCUT2D eigenvalue weighted by Crippen LogP contribution is -2.22. The molecule has 0 bridgehead atoms. The predicted octanol–water partition coefficient (Wildman–Crippen LogP) is 1.58. The normalized spacial score (nSPS) is 15.9. The molecule has 0 spiro atoms. The topological polar surface area (TPSA) is 145 Å². The van der Waals surface area contributed by atoms with Crippen molar-refractivity contribution in [2.24, 2.45) is 0 Å². The minimum atomic E-state index is -1.02. The molecule has 0 fully saturated rings. The van der Waals surface area contributed by atoms with Crippen molar-refractivity contribution in [1.82, 2.24) is 15.5 Å². The molecule has 3 aromatic rings. The molecule has 1 aliphatic rings. The second-order valence-electron chi connectivity index (χ2n) is 7.54. The fraction of sp³-hybridized carbons (Fsp3) is 0.348. The molecule has 4 rings (SSSR count). The van der Waals surface area contributed by atoms with Gasteiger partial charge in [0.15, 0.2) is 0 Å². The van der Waals surface area contributed by atoms with Gasteiger partial charge in [0.25, 0.3) is 5.89 Å². The Morgan fingerprint density at radius 1 is 1.28 bits per heavy atom. The van der Waals surface area contributed by atoms with E-state index in [-0.39, 0.29) is 30.7 Å². The summed E-state index contributed by atoms with van der Waals surface area (Å²) in [6, 6.07) is 13.1. The monoisotopic (exact) mass is 436 g/mol. The summed E-state index contributed by atoms with van der Waals surface area (Å²) < 4.78 is 10.9. The molecule has 0 radical (unpaired) electrons. The minimum absolute atomic E-state index is 0.0935. The highest BCUT2D eigenvalue weighted by Gasteiger charge is 2.26. The van der Waals surface area contributed by atoms with Crippen LogP contribution in [0, 0.1) is 11.3 Å². The molecule has 1 heterocycles. The van der Waals surface area contributed by atoms with E-state index in [1.807, 2.05) is 12.1 Å². The van der Waals surface area contributed by atoms with Crippen LogP contribution in [-0.4, -0.2) is 57.9 Å². The number of aliphatic hydroxyl groups excluding tert-OH is 3. The summed E-state index contributed by atoms with van der Waals surface area (Å²) >= 11 is 0. The summed E-state index contributed by atoms with van der Waals surface area (Å²) in [7, 11) is 0. The number of nitrogens with one attached hydrogen (secondary N) is 1. The van der Waals surface area contributed by atoms with Gasteiger partial charge in [-0.25, -0.2) is 0 Å². The lowest BCUT2D eigenvalue weighted by molar-refractivity contribution is 0.0535. The van der Waals surface area contributed by atoms with Crippen LogP contribution in [0.2, 0.25) is 0 Å². The Kier molecular flexibility index (Phi) is 6.78. The third kappa shape index (κ3) is 4.49. The Labute approximate surface area is 184 Å². The van der Waals surface area contributed by atoms with Gasteiger partial charge in [-0.1, -0.05) is 23.4 Å². The molecular weight excluding hydrogens is 412 g/mol. The Bertz CT molecular complexity index is 1120. The summed E-state index contributed by atoms with van der Waals surface area (Å²) in [5.74, 6) is 1.05. The van der Waals surface area contributed by atoms with E-state index in [2.05, 4.69) is 27.6 Å². The van der Waals surface area contributed by atoms with Gasteiger partial charge >= 0.3 is 0 Å². The number of ether oxygens (including phenoxy) is 1. The lowest BCUT2D eigenvalue weighted by Gasteiger charge is -2.13. The van der Waals surface area contributed by atoms with E-state index in [1.165, 1.54) is 11.1 Å². The molecule has 32 heavy (non-hydrogen) atoms. The minimum Gasteiger partial charge on any atom is -0.489 e. The summed E-state index contributed by atoms with van der Waals surface area (Å²) in [6.07, 6.45) is 0.795. The Balaban J connectivity index is 1.58. The van der Waals surface area contributed by atoms with Crippen LogP contribution < -0.4 is 10.1 Å². The van der Waals surface area contributed by atoms with Gasteiger partial charge in [-0.05, 0) is 42.2 Å². The number of nitriles is 1. The second-order valence-corrected chi connectivity index (χ2v) is 7.54. The Hall–Kier alpha value is -3.29. The van der Waals surface area contributed by atoms with Gasteiger partial charge in [-0.2, -0.15) is 10.2 Å². The fourth-order valence-corrected chi connectivity index (χ4v) is 3.88. The van der Waals surface area contributed by atoms with Crippen molar-refractivity contribution in [3.8, 4) is 34.7 Å². The van der Waals surface area contributed by atoms with Crippen LogP contribution in [-0.2, 0) is 6.42 Å². The number of fused-ring (bicyclic) bond motifs is 1. The quantitative estimate of drug-likeness (QED) is 0.393. The molecular formula is C23H24N4O5. The van der Waals surface area contributed by atoms with Crippen molar-refractivity contribution < 1.29 is 24.6 Å². The Morgan fingerprint density at radius 2 is 2.16 bits per heavy atom. The number of aromatic nitrogens is 2. The molecule has 9 nitrogen and oxygen atoms in total. The molecule has 1 aromatic heterocycles. The largest absolute Gasteiger partial charge is 0.489 e. The van der Waals surface area contributed by atoms with Crippen LogP contribution in [0.3, 0.4) is 0 Å². The Morgan fingerprint density at radius 3 is 2.94 bits per heavy atom. The molecule has 0 amide bonds. The van der Waals surface area contributed by atoms with Crippen LogP contribution in [0.1, 0.15) is 29.2 Å². The first-order valence-corrected chi connectivity index (χ1v) is 10.4. The molecule has 2 atom stereocenters. The maximum atomic E-state index is 9.46. The maximum Gasteiger partial charge on any atom is 0.258 e. The van der Waals surface area contributed by atoms with Crippen molar-refractivity contribution in [2.45, 2.75) is 25.0 Å². The highest BCUT2D eigenvalue weighted by Crippen LogP contribution is 2.37. The second kappa shape index (κ2) is 9.89. The van der Waals surface area contributed by atoms with Crippen LogP contribution in [0.15, 0.2) is 40.9 Å². The third-order valence-corrected chi connectivity index (χ3v) is 5.43. The molecule has 0 saturated carbocycles. The highest BCUT2D eigenvalue weighted by atomic mass is 16.5. The van der Waals surface area contributed by atoms with Gasteiger partial charge < -0.3 is 29.9 Å². The first kappa shape index (κ1) is 21.9. The van der Waals surface area contributed by atoms with E-state index >= 15 is 0 Å². The zero-order valence-electron chi connectivity index (χ0n) is 17.4. The van der Waals surface area contributed by atoms with Crippen molar-refractivity contribution in [1.29, 1.82) is 5.26 Å². The number of hydrogen-bond donors (Lipinski definition) is 4.